The third-order valence-corrected chi connectivity index (χ3v) is 6.62. The van der Waals surface area contributed by atoms with Crippen molar-refractivity contribution in [2.24, 2.45) is 11.8 Å². The summed E-state index contributed by atoms with van der Waals surface area (Å²) >= 11 is 0. The van der Waals surface area contributed by atoms with Crippen molar-refractivity contribution in [3.63, 3.8) is 0 Å². The van der Waals surface area contributed by atoms with E-state index in [1.807, 2.05) is 24.3 Å². The number of benzene rings is 1. The molecule has 0 radical (unpaired) electrons. The number of amides is 1. The number of carbonyl (C=O) groups excluding carboxylic acids is 1. The molecule has 28 heavy (non-hydrogen) atoms. The Hall–Kier alpha value is -2.08. The molecule has 1 saturated carbocycles. The first kappa shape index (κ1) is 18.0. The van der Waals surface area contributed by atoms with E-state index in [1.165, 1.54) is 12.8 Å². The lowest BCUT2D eigenvalue weighted by molar-refractivity contribution is -0.127. The number of anilines is 1. The van der Waals surface area contributed by atoms with E-state index in [9.17, 15) is 4.79 Å². The van der Waals surface area contributed by atoms with Crippen molar-refractivity contribution in [1.29, 1.82) is 0 Å². The van der Waals surface area contributed by atoms with Gasteiger partial charge in [0.1, 0.15) is 5.52 Å². The summed E-state index contributed by atoms with van der Waals surface area (Å²) in [6.07, 6.45) is 6.96. The predicted octanol–water partition coefficient (Wildman–Crippen LogP) is 3.03. The first-order valence-electron chi connectivity index (χ1n) is 10.9. The van der Waals surface area contributed by atoms with Gasteiger partial charge in [-0.3, -0.25) is 9.69 Å². The van der Waals surface area contributed by atoms with Crippen LogP contribution in [0.15, 0.2) is 28.7 Å². The highest BCUT2D eigenvalue weighted by Crippen LogP contribution is 2.29. The molecule has 1 N–H and O–H groups in total. The van der Waals surface area contributed by atoms with Crippen LogP contribution in [0.1, 0.15) is 38.5 Å². The van der Waals surface area contributed by atoms with Crippen LogP contribution >= 0.6 is 0 Å². The zero-order valence-corrected chi connectivity index (χ0v) is 16.5. The molecule has 2 aromatic rings. The second-order valence-electron chi connectivity index (χ2n) is 8.71. The number of oxazole rings is 1. The van der Waals surface area contributed by atoms with Crippen molar-refractivity contribution in [2.75, 3.05) is 37.6 Å². The maximum atomic E-state index is 12.5. The predicted molar refractivity (Wildman–Crippen MR) is 109 cm³/mol. The molecule has 1 atom stereocenters. The molecule has 2 aliphatic heterocycles. The minimum Gasteiger partial charge on any atom is -0.423 e. The van der Waals surface area contributed by atoms with Gasteiger partial charge in [0, 0.05) is 32.2 Å². The Morgan fingerprint density at radius 3 is 2.71 bits per heavy atom. The van der Waals surface area contributed by atoms with Crippen LogP contribution in [0.2, 0.25) is 0 Å². The molecule has 3 aliphatic rings. The number of piperidine rings is 2. The fourth-order valence-corrected chi connectivity index (χ4v) is 4.68. The zero-order chi connectivity index (χ0) is 18.9. The summed E-state index contributed by atoms with van der Waals surface area (Å²) in [4.78, 5) is 22.0. The average Bonchev–Trinajstić information content (AvgIpc) is 3.48. The smallest absolute Gasteiger partial charge is 0.298 e. The Morgan fingerprint density at radius 2 is 1.93 bits per heavy atom. The average molecular weight is 383 g/mol. The van der Waals surface area contributed by atoms with Crippen LogP contribution in [0.4, 0.5) is 6.01 Å². The van der Waals surface area contributed by atoms with E-state index in [4.69, 9.17) is 4.42 Å². The number of rotatable bonds is 5. The third-order valence-electron chi connectivity index (χ3n) is 6.62. The third kappa shape index (κ3) is 3.88. The molecule has 2 saturated heterocycles. The first-order valence-corrected chi connectivity index (χ1v) is 10.9. The molecule has 5 rings (SSSR count). The fraction of sp³-hybridized carbons (Fsp3) is 0.636. The molecular formula is C22H30N4O2. The van der Waals surface area contributed by atoms with Crippen LogP contribution in [0.3, 0.4) is 0 Å². The maximum absolute atomic E-state index is 12.5. The second kappa shape index (κ2) is 7.74. The largest absolute Gasteiger partial charge is 0.423 e. The van der Waals surface area contributed by atoms with Crippen LogP contribution < -0.4 is 10.2 Å². The molecule has 1 aromatic carbocycles. The molecule has 0 spiro atoms. The molecule has 1 unspecified atom stereocenters. The van der Waals surface area contributed by atoms with Gasteiger partial charge in [-0.2, -0.15) is 4.98 Å². The van der Waals surface area contributed by atoms with Gasteiger partial charge < -0.3 is 14.6 Å². The first-order chi connectivity index (χ1) is 13.8. The summed E-state index contributed by atoms with van der Waals surface area (Å²) in [6, 6.07) is 9.26. The highest BCUT2D eigenvalue weighted by atomic mass is 16.4. The SMILES string of the molecule is O=C(NCC1CC1)C1CCCN(C2CCN(c3nc4ccccc4o3)CC2)C1. The van der Waals surface area contributed by atoms with Crippen molar-refractivity contribution < 1.29 is 9.21 Å². The lowest BCUT2D eigenvalue weighted by atomic mass is 9.93. The summed E-state index contributed by atoms with van der Waals surface area (Å²) in [5.74, 6) is 1.20. The maximum Gasteiger partial charge on any atom is 0.298 e. The normalized spacial score (nSPS) is 24.6. The minimum absolute atomic E-state index is 0.169. The summed E-state index contributed by atoms with van der Waals surface area (Å²) in [5, 5.41) is 3.18. The highest BCUT2D eigenvalue weighted by molar-refractivity contribution is 5.79. The quantitative estimate of drug-likeness (QED) is 0.861. The molecule has 150 valence electrons. The molecule has 1 amide bonds. The van der Waals surface area contributed by atoms with E-state index in [2.05, 4.69) is 20.1 Å². The van der Waals surface area contributed by atoms with Gasteiger partial charge in [0.15, 0.2) is 5.58 Å². The number of carbonyl (C=O) groups is 1. The number of hydrogen-bond acceptors (Lipinski definition) is 5. The molecule has 1 aliphatic carbocycles. The van der Waals surface area contributed by atoms with Crippen molar-refractivity contribution in [3.8, 4) is 0 Å². The fourth-order valence-electron chi connectivity index (χ4n) is 4.68. The van der Waals surface area contributed by atoms with E-state index in [0.717, 1.165) is 81.4 Å². The Labute approximate surface area is 166 Å². The van der Waals surface area contributed by atoms with Gasteiger partial charge in [-0.1, -0.05) is 12.1 Å². The molecule has 1 aromatic heterocycles. The van der Waals surface area contributed by atoms with Gasteiger partial charge in [0.05, 0.1) is 5.92 Å². The monoisotopic (exact) mass is 382 g/mol. The highest BCUT2D eigenvalue weighted by Gasteiger charge is 2.33. The number of hydrogen-bond donors (Lipinski definition) is 1. The summed E-state index contributed by atoms with van der Waals surface area (Å²) in [6.45, 7) is 4.86. The van der Waals surface area contributed by atoms with Crippen molar-refractivity contribution >= 4 is 23.0 Å². The number of likely N-dealkylation sites (tertiary alicyclic amines) is 1. The summed E-state index contributed by atoms with van der Waals surface area (Å²) in [7, 11) is 0. The standard InChI is InChI=1S/C22H30N4O2/c27-21(23-14-16-7-8-16)17-4-3-11-26(15-17)18-9-12-25(13-10-18)22-24-19-5-1-2-6-20(19)28-22/h1-2,5-6,16-18H,3-4,7-15H2,(H,23,27). The van der Waals surface area contributed by atoms with Gasteiger partial charge >= 0.3 is 0 Å². The lowest BCUT2D eigenvalue weighted by Crippen LogP contribution is -2.51. The van der Waals surface area contributed by atoms with Crippen LogP contribution in [-0.4, -0.2) is 54.6 Å². The van der Waals surface area contributed by atoms with Crippen molar-refractivity contribution in [2.45, 2.75) is 44.6 Å². The second-order valence-corrected chi connectivity index (χ2v) is 8.71. The van der Waals surface area contributed by atoms with E-state index in [0.29, 0.717) is 6.04 Å². The van der Waals surface area contributed by atoms with Crippen molar-refractivity contribution in [3.05, 3.63) is 24.3 Å². The van der Waals surface area contributed by atoms with Crippen molar-refractivity contribution in [1.82, 2.24) is 15.2 Å². The number of para-hydroxylation sites is 2. The van der Waals surface area contributed by atoms with Gasteiger partial charge in [-0.15, -0.1) is 0 Å². The minimum atomic E-state index is 0.169. The van der Waals surface area contributed by atoms with E-state index in [-0.39, 0.29) is 11.8 Å². The van der Waals surface area contributed by atoms with Crippen LogP contribution in [0.5, 0.6) is 0 Å². The Kier molecular flexibility index (Phi) is 4.97. The van der Waals surface area contributed by atoms with Crippen LogP contribution in [0, 0.1) is 11.8 Å². The molecule has 0 bridgehead atoms. The topological polar surface area (TPSA) is 61.6 Å². The Bertz CT molecular complexity index is 790. The van der Waals surface area contributed by atoms with Crippen LogP contribution in [-0.2, 0) is 4.79 Å². The number of nitrogens with one attached hydrogen (secondary N) is 1. The summed E-state index contributed by atoms with van der Waals surface area (Å²) in [5.41, 5.74) is 1.78. The molecule has 3 fully saturated rings. The van der Waals surface area contributed by atoms with E-state index in [1.54, 1.807) is 0 Å². The Balaban J connectivity index is 1.15. The lowest BCUT2D eigenvalue weighted by Gasteiger charge is -2.41. The summed E-state index contributed by atoms with van der Waals surface area (Å²) < 4.78 is 5.94. The zero-order valence-electron chi connectivity index (χ0n) is 16.5. The van der Waals surface area contributed by atoms with Gasteiger partial charge in [-0.05, 0) is 63.1 Å². The molecule has 6 heteroatoms. The molecule has 3 heterocycles. The molecular weight excluding hydrogens is 352 g/mol. The number of fused-ring (bicyclic) bond motifs is 1. The van der Waals surface area contributed by atoms with E-state index < -0.39 is 0 Å². The van der Waals surface area contributed by atoms with Crippen LogP contribution in [0.25, 0.3) is 11.1 Å². The van der Waals surface area contributed by atoms with Gasteiger partial charge in [0.25, 0.3) is 6.01 Å². The Morgan fingerprint density at radius 1 is 1.11 bits per heavy atom. The van der Waals surface area contributed by atoms with E-state index >= 15 is 0 Å². The van der Waals surface area contributed by atoms with Gasteiger partial charge in [-0.25, -0.2) is 0 Å². The molecule has 6 nitrogen and oxygen atoms in total. The number of aromatic nitrogens is 1. The number of nitrogens with zero attached hydrogens (tertiary/aromatic N) is 3. The van der Waals surface area contributed by atoms with Gasteiger partial charge in [0.2, 0.25) is 5.91 Å².